The first kappa shape index (κ1) is 17.2. The van der Waals surface area contributed by atoms with Gasteiger partial charge in [-0.3, -0.25) is 4.79 Å². The summed E-state index contributed by atoms with van der Waals surface area (Å²) < 4.78 is 2.01. The van der Waals surface area contributed by atoms with E-state index < -0.39 is 0 Å². The summed E-state index contributed by atoms with van der Waals surface area (Å²) in [6.45, 7) is 0. The monoisotopic (exact) mass is 386 g/mol. The average Bonchev–Trinajstić information content (AvgIpc) is 3.24. The largest absolute Gasteiger partial charge is 0.337 e. The highest BCUT2D eigenvalue weighted by atomic mass is 35.5. The third-order valence-corrected chi connectivity index (χ3v) is 6.03. The molecule has 0 spiro atoms. The van der Waals surface area contributed by atoms with Crippen LogP contribution in [0, 0.1) is 0 Å². The number of nitrogens with zero attached hydrogens (tertiary/aromatic N) is 3. The van der Waals surface area contributed by atoms with Crippen LogP contribution < -0.4 is 5.32 Å². The molecule has 4 rings (SSSR count). The SMILES string of the molecule is Cn1cnc2c1CCCC2C(=O)Nc1ncc(Cc2ccccc2Cl)s1. The third kappa shape index (κ3) is 3.39. The van der Waals surface area contributed by atoms with Gasteiger partial charge in [-0.05, 0) is 30.9 Å². The standard InChI is InChI=1S/C19H19ClN4OS/c1-24-11-22-17-14(6-4-8-16(17)24)18(25)23-19-21-10-13(26-19)9-12-5-2-3-7-15(12)20/h2-3,5,7,10-11,14H,4,6,8-9H2,1H3,(H,21,23,25). The number of carbonyl (C=O) groups excluding carboxylic acids is 1. The Bertz CT molecular complexity index is 949. The summed E-state index contributed by atoms with van der Waals surface area (Å²) in [5, 5.41) is 4.34. The Kier molecular flexibility index (Phi) is 4.78. The molecular weight excluding hydrogens is 368 g/mol. The minimum absolute atomic E-state index is 0.0247. The van der Waals surface area contributed by atoms with E-state index in [1.54, 1.807) is 12.5 Å². The molecule has 1 N–H and O–H groups in total. The molecule has 5 nitrogen and oxygen atoms in total. The van der Waals surface area contributed by atoms with E-state index >= 15 is 0 Å². The summed E-state index contributed by atoms with van der Waals surface area (Å²) in [4.78, 5) is 22.6. The van der Waals surface area contributed by atoms with Gasteiger partial charge in [0.05, 0.1) is 17.9 Å². The molecule has 1 unspecified atom stereocenters. The summed E-state index contributed by atoms with van der Waals surface area (Å²) in [7, 11) is 1.98. The van der Waals surface area contributed by atoms with E-state index in [-0.39, 0.29) is 11.8 Å². The molecule has 0 aliphatic heterocycles. The maximum atomic E-state index is 12.7. The fourth-order valence-electron chi connectivity index (χ4n) is 3.40. The van der Waals surface area contributed by atoms with Gasteiger partial charge in [-0.2, -0.15) is 0 Å². The zero-order valence-electron chi connectivity index (χ0n) is 14.4. The molecule has 2 heterocycles. The minimum Gasteiger partial charge on any atom is -0.337 e. The van der Waals surface area contributed by atoms with Crippen LogP contribution in [0.3, 0.4) is 0 Å². The number of fused-ring (bicyclic) bond motifs is 1. The van der Waals surface area contributed by atoms with Crippen molar-refractivity contribution in [2.45, 2.75) is 31.6 Å². The number of thiazole rings is 1. The Morgan fingerprint density at radius 2 is 2.23 bits per heavy atom. The first-order valence-corrected chi connectivity index (χ1v) is 9.80. The van der Waals surface area contributed by atoms with Gasteiger partial charge in [-0.15, -0.1) is 11.3 Å². The van der Waals surface area contributed by atoms with Crippen molar-refractivity contribution < 1.29 is 4.79 Å². The number of anilines is 1. The van der Waals surface area contributed by atoms with E-state index in [0.717, 1.165) is 46.1 Å². The summed E-state index contributed by atoms with van der Waals surface area (Å²) in [6, 6.07) is 7.78. The molecule has 0 saturated carbocycles. The lowest BCUT2D eigenvalue weighted by molar-refractivity contribution is -0.118. The van der Waals surface area contributed by atoms with Crippen molar-refractivity contribution in [2.24, 2.45) is 7.05 Å². The van der Waals surface area contributed by atoms with Crippen molar-refractivity contribution in [3.05, 3.63) is 63.6 Å². The van der Waals surface area contributed by atoms with Crippen LogP contribution in [0.25, 0.3) is 0 Å². The average molecular weight is 387 g/mol. The van der Waals surface area contributed by atoms with Crippen LogP contribution in [0.15, 0.2) is 36.8 Å². The molecule has 3 aromatic rings. The van der Waals surface area contributed by atoms with Crippen LogP contribution in [0.5, 0.6) is 0 Å². The van der Waals surface area contributed by atoms with Crippen molar-refractivity contribution in [1.29, 1.82) is 0 Å². The molecule has 7 heteroatoms. The zero-order valence-corrected chi connectivity index (χ0v) is 16.0. The van der Waals surface area contributed by atoms with Crippen molar-refractivity contribution in [3.63, 3.8) is 0 Å². The molecule has 2 aromatic heterocycles. The predicted molar refractivity (Wildman–Crippen MR) is 104 cm³/mol. The second-order valence-electron chi connectivity index (χ2n) is 6.52. The summed E-state index contributed by atoms with van der Waals surface area (Å²) in [5.41, 5.74) is 3.13. The van der Waals surface area contributed by atoms with Crippen molar-refractivity contribution in [2.75, 3.05) is 5.32 Å². The topological polar surface area (TPSA) is 59.8 Å². The number of aryl methyl sites for hydroxylation is 1. The number of hydrogen-bond acceptors (Lipinski definition) is 4. The first-order chi connectivity index (χ1) is 12.6. The van der Waals surface area contributed by atoms with Gasteiger partial charge in [0.2, 0.25) is 5.91 Å². The Labute approximate surface area is 161 Å². The van der Waals surface area contributed by atoms with Crippen molar-refractivity contribution in [1.82, 2.24) is 14.5 Å². The van der Waals surface area contributed by atoms with Crippen molar-refractivity contribution in [3.8, 4) is 0 Å². The van der Waals surface area contributed by atoms with E-state index in [4.69, 9.17) is 11.6 Å². The van der Waals surface area contributed by atoms with Gasteiger partial charge in [0, 0.05) is 35.3 Å². The lowest BCUT2D eigenvalue weighted by atomic mass is 9.89. The molecule has 1 atom stereocenters. The second kappa shape index (κ2) is 7.21. The summed E-state index contributed by atoms with van der Waals surface area (Å²) in [6.07, 6.45) is 7.11. The lowest BCUT2D eigenvalue weighted by Crippen LogP contribution is -2.25. The Hall–Kier alpha value is -2.18. The third-order valence-electron chi connectivity index (χ3n) is 4.75. The molecule has 1 aliphatic carbocycles. The zero-order chi connectivity index (χ0) is 18.1. The molecule has 0 bridgehead atoms. The van der Waals surface area contributed by atoms with Crippen LogP contribution >= 0.6 is 22.9 Å². The van der Waals surface area contributed by atoms with Gasteiger partial charge < -0.3 is 9.88 Å². The molecule has 1 aromatic carbocycles. The second-order valence-corrected chi connectivity index (χ2v) is 8.04. The number of halogens is 1. The fourth-order valence-corrected chi connectivity index (χ4v) is 4.44. The number of aromatic nitrogens is 3. The van der Waals surface area contributed by atoms with Gasteiger partial charge >= 0.3 is 0 Å². The molecule has 0 fully saturated rings. The lowest BCUT2D eigenvalue weighted by Gasteiger charge is -2.20. The normalized spacial score (nSPS) is 16.3. The van der Waals surface area contributed by atoms with E-state index in [1.807, 2.05) is 35.9 Å². The highest BCUT2D eigenvalue weighted by Gasteiger charge is 2.30. The summed E-state index contributed by atoms with van der Waals surface area (Å²) >= 11 is 7.71. The Morgan fingerprint density at radius 1 is 1.38 bits per heavy atom. The molecule has 134 valence electrons. The highest BCUT2D eigenvalue weighted by Crippen LogP contribution is 2.32. The molecule has 0 saturated heterocycles. The number of rotatable bonds is 4. The van der Waals surface area contributed by atoms with Crippen LogP contribution in [-0.4, -0.2) is 20.4 Å². The van der Waals surface area contributed by atoms with E-state index in [2.05, 4.69) is 15.3 Å². The van der Waals surface area contributed by atoms with Gasteiger partial charge in [0.25, 0.3) is 0 Å². The number of hydrogen-bond donors (Lipinski definition) is 1. The van der Waals surface area contributed by atoms with Gasteiger partial charge in [0.15, 0.2) is 5.13 Å². The number of benzene rings is 1. The predicted octanol–water partition coefficient (Wildman–Crippen LogP) is 4.18. The number of carbonyl (C=O) groups is 1. The maximum absolute atomic E-state index is 12.7. The van der Waals surface area contributed by atoms with Crippen LogP contribution in [0.1, 0.15) is 40.6 Å². The van der Waals surface area contributed by atoms with E-state index in [9.17, 15) is 4.79 Å². The smallest absolute Gasteiger partial charge is 0.235 e. The molecule has 0 radical (unpaired) electrons. The molecular formula is C19H19ClN4OS. The van der Waals surface area contributed by atoms with E-state index in [1.165, 1.54) is 11.3 Å². The molecule has 1 aliphatic rings. The quantitative estimate of drug-likeness (QED) is 0.731. The Morgan fingerprint density at radius 3 is 3.08 bits per heavy atom. The number of nitrogens with one attached hydrogen (secondary N) is 1. The van der Waals surface area contributed by atoms with Crippen molar-refractivity contribution >= 4 is 34.0 Å². The summed E-state index contributed by atoms with van der Waals surface area (Å²) in [5.74, 6) is -0.223. The fraction of sp³-hybridized carbons (Fsp3) is 0.316. The van der Waals surface area contributed by atoms with Crippen LogP contribution in [0.4, 0.5) is 5.13 Å². The molecule has 1 amide bonds. The first-order valence-electron chi connectivity index (χ1n) is 8.61. The van der Waals surface area contributed by atoms with Gasteiger partial charge in [-0.1, -0.05) is 29.8 Å². The highest BCUT2D eigenvalue weighted by molar-refractivity contribution is 7.15. The molecule has 26 heavy (non-hydrogen) atoms. The van der Waals surface area contributed by atoms with E-state index in [0.29, 0.717) is 11.6 Å². The maximum Gasteiger partial charge on any atom is 0.235 e. The van der Waals surface area contributed by atoms with Gasteiger partial charge in [0.1, 0.15) is 0 Å². The number of amides is 1. The van der Waals surface area contributed by atoms with Crippen LogP contribution in [0.2, 0.25) is 5.02 Å². The van der Waals surface area contributed by atoms with Crippen LogP contribution in [-0.2, 0) is 24.7 Å². The minimum atomic E-state index is -0.198. The number of imidazole rings is 1. The van der Waals surface area contributed by atoms with Gasteiger partial charge in [-0.25, -0.2) is 9.97 Å². The Balaban J connectivity index is 1.46.